The first-order chi connectivity index (χ1) is 13.0. The Bertz CT molecular complexity index is 951. The highest BCUT2D eigenvalue weighted by molar-refractivity contribution is 6.08. The molecule has 27 heavy (non-hydrogen) atoms. The van der Waals surface area contributed by atoms with Gasteiger partial charge in [0.25, 0.3) is 11.8 Å². The second kappa shape index (κ2) is 8.14. The first-order valence-corrected chi connectivity index (χ1v) is 8.33. The summed E-state index contributed by atoms with van der Waals surface area (Å²) in [7, 11) is 1.58. The van der Waals surface area contributed by atoms with Gasteiger partial charge in [-0.25, -0.2) is 0 Å². The van der Waals surface area contributed by atoms with E-state index in [1.807, 2.05) is 31.2 Å². The molecule has 2 amide bonds. The van der Waals surface area contributed by atoms with Gasteiger partial charge in [-0.2, -0.15) is 0 Å². The number of aryl methyl sites for hydroxylation is 1. The Morgan fingerprint density at radius 1 is 0.815 bits per heavy atom. The molecule has 6 nitrogen and oxygen atoms in total. The van der Waals surface area contributed by atoms with E-state index in [0.29, 0.717) is 28.3 Å². The molecule has 3 rings (SSSR count). The lowest BCUT2D eigenvalue weighted by molar-refractivity contribution is 0.102. The SMILES string of the molecule is COc1ccc(NC(=O)c2cncc(C(=O)Nc3ccc(C)cc3)c2)cc1. The molecule has 0 aliphatic heterocycles. The smallest absolute Gasteiger partial charge is 0.257 e. The Hall–Kier alpha value is -3.67. The normalized spacial score (nSPS) is 10.1. The molecule has 2 N–H and O–H groups in total. The van der Waals surface area contributed by atoms with Crippen molar-refractivity contribution in [2.75, 3.05) is 17.7 Å². The standard InChI is InChI=1S/C21H19N3O3/c1-14-3-5-17(6-4-14)23-20(25)15-11-16(13-22-12-15)21(26)24-18-7-9-19(27-2)10-8-18/h3-13H,1-2H3,(H,23,25)(H,24,26). The molecule has 0 unspecified atom stereocenters. The monoisotopic (exact) mass is 361 g/mol. The lowest BCUT2D eigenvalue weighted by Gasteiger charge is -2.08. The van der Waals surface area contributed by atoms with E-state index in [0.717, 1.165) is 5.56 Å². The number of hydrogen-bond acceptors (Lipinski definition) is 4. The van der Waals surface area contributed by atoms with Crippen molar-refractivity contribution < 1.29 is 14.3 Å². The van der Waals surface area contributed by atoms with Crippen molar-refractivity contribution in [3.63, 3.8) is 0 Å². The number of carbonyl (C=O) groups excluding carboxylic acids is 2. The van der Waals surface area contributed by atoms with Gasteiger partial charge in [0.2, 0.25) is 0 Å². The predicted octanol–water partition coefficient (Wildman–Crippen LogP) is 3.90. The third-order valence-corrected chi connectivity index (χ3v) is 3.92. The van der Waals surface area contributed by atoms with Gasteiger partial charge in [0.1, 0.15) is 5.75 Å². The fourth-order valence-electron chi connectivity index (χ4n) is 2.41. The van der Waals surface area contributed by atoms with E-state index in [9.17, 15) is 9.59 Å². The molecule has 0 spiro atoms. The van der Waals surface area contributed by atoms with Crippen LogP contribution in [0.4, 0.5) is 11.4 Å². The number of benzene rings is 2. The fraction of sp³-hybridized carbons (Fsp3) is 0.0952. The third kappa shape index (κ3) is 4.70. The Morgan fingerprint density at radius 2 is 1.30 bits per heavy atom. The van der Waals surface area contributed by atoms with Crippen LogP contribution in [-0.2, 0) is 0 Å². The number of anilines is 2. The van der Waals surface area contributed by atoms with Crippen LogP contribution in [-0.4, -0.2) is 23.9 Å². The second-order valence-corrected chi connectivity index (χ2v) is 5.97. The zero-order valence-electron chi connectivity index (χ0n) is 15.0. The zero-order chi connectivity index (χ0) is 19.2. The lowest BCUT2D eigenvalue weighted by atomic mass is 10.1. The molecular weight excluding hydrogens is 342 g/mol. The van der Waals surface area contributed by atoms with Gasteiger partial charge in [-0.15, -0.1) is 0 Å². The van der Waals surface area contributed by atoms with Gasteiger partial charge in [-0.1, -0.05) is 17.7 Å². The van der Waals surface area contributed by atoms with Crippen LogP contribution >= 0.6 is 0 Å². The molecule has 1 aromatic heterocycles. The summed E-state index contributed by atoms with van der Waals surface area (Å²) in [6.45, 7) is 1.97. The Kier molecular flexibility index (Phi) is 5.47. The maximum Gasteiger partial charge on any atom is 0.257 e. The maximum atomic E-state index is 12.4. The molecule has 0 atom stereocenters. The van der Waals surface area contributed by atoms with Crippen LogP contribution in [0.2, 0.25) is 0 Å². The molecular formula is C21H19N3O3. The number of hydrogen-bond donors (Lipinski definition) is 2. The molecule has 3 aromatic rings. The molecule has 0 fully saturated rings. The van der Waals surface area contributed by atoms with Crippen LogP contribution in [0.3, 0.4) is 0 Å². The Balaban J connectivity index is 1.70. The summed E-state index contributed by atoms with van der Waals surface area (Å²) >= 11 is 0. The molecule has 0 bridgehead atoms. The van der Waals surface area contributed by atoms with Crippen LogP contribution in [0.25, 0.3) is 0 Å². The van der Waals surface area contributed by atoms with Crippen LogP contribution in [0, 0.1) is 6.92 Å². The number of ether oxygens (including phenoxy) is 1. The number of nitrogens with one attached hydrogen (secondary N) is 2. The summed E-state index contributed by atoms with van der Waals surface area (Å²) in [5.74, 6) is 0.0209. The Labute approximate surface area is 157 Å². The van der Waals surface area contributed by atoms with E-state index in [2.05, 4.69) is 15.6 Å². The average Bonchev–Trinajstić information content (AvgIpc) is 2.70. The highest BCUT2D eigenvalue weighted by atomic mass is 16.5. The molecule has 136 valence electrons. The molecule has 0 aliphatic carbocycles. The second-order valence-electron chi connectivity index (χ2n) is 5.97. The van der Waals surface area contributed by atoms with Crippen LogP contribution in [0.5, 0.6) is 5.75 Å². The molecule has 1 heterocycles. The number of aromatic nitrogens is 1. The van der Waals surface area contributed by atoms with Gasteiger partial charge < -0.3 is 15.4 Å². The molecule has 0 saturated carbocycles. The number of amides is 2. The molecule has 0 saturated heterocycles. The maximum absolute atomic E-state index is 12.4. The number of carbonyl (C=O) groups is 2. The highest BCUT2D eigenvalue weighted by Crippen LogP contribution is 2.16. The van der Waals surface area contributed by atoms with Crippen molar-refractivity contribution in [2.45, 2.75) is 6.92 Å². The first kappa shape index (κ1) is 18.1. The van der Waals surface area contributed by atoms with E-state index < -0.39 is 0 Å². The van der Waals surface area contributed by atoms with Gasteiger partial charge in [0, 0.05) is 23.8 Å². The first-order valence-electron chi connectivity index (χ1n) is 8.33. The van der Waals surface area contributed by atoms with Gasteiger partial charge in [0.15, 0.2) is 0 Å². The Morgan fingerprint density at radius 3 is 1.78 bits per heavy atom. The van der Waals surface area contributed by atoms with Crippen molar-refractivity contribution in [3.8, 4) is 5.75 Å². The van der Waals surface area contributed by atoms with E-state index in [-0.39, 0.29) is 11.8 Å². The number of rotatable bonds is 5. The number of pyridine rings is 1. The molecule has 6 heteroatoms. The van der Waals surface area contributed by atoms with Gasteiger partial charge in [-0.05, 0) is 49.4 Å². The van der Waals surface area contributed by atoms with Crippen molar-refractivity contribution in [1.82, 2.24) is 4.98 Å². The largest absolute Gasteiger partial charge is 0.497 e. The van der Waals surface area contributed by atoms with E-state index in [1.165, 1.54) is 18.5 Å². The van der Waals surface area contributed by atoms with E-state index >= 15 is 0 Å². The summed E-state index contributed by atoms with van der Waals surface area (Å²) in [5, 5.41) is 5.55. The van der Waals surface area contributed by atoms with E-state index in [4.69, 9.17) is 4.74 Å². The average molecular weight is 361 g/mol. The summed E-state index contributed by atoms with van der Waals surface area (Å²) < 4.78 is 5.09. The third-order valence-electron chi connectivity index (χ3n) is 3.92. The zero-order valence-corrected chi connectivity index (χ0v) is 15.0. The predicted molar refractivity (Wildman–Crippen MR) is 104 cm³/mol. The van der Waals surface area contributed by atoms with Crippen molar-refractivity contribution in [2.24, 2.45) is 0 Å². The van der Waals surface area contributed by atoms with Gasteiger partial charge in [-0.3, -0.25) is 14.6 Å². The minimum absolute atomic E-state index is 0.294. The molecule has 0 radical (unpaired) electrons. The number of methoxy groups -OCH3 is 1. The minimum atomic E-state index is -0.349. The van der Waals surface area contributed by atoms with E-state index in [1.54, 1.807) is 31.4 Å². The molecule has 2 aromatic carbocycles. The number of nitrogens with zero attached hydrogens (tertiary/aromatic N) is 1. The van der Waals surface area contributed by atoms with Crippen LogP contribution in [0.1, 0.15) is 26.3 Å². The quantitative estimate of drug-likeness (QED) is 0.722. The highest BCUT2D eigenvalue weighted by Gasteiger charge is 2.12. The summed E-state index contributed by atoms with van der Waals surface area (Å²) in [6, 6.07) is 15.9. The van der Waals surface area contributed by atoms with Crippen LogP contribution in [0.15, 0.2) is 67.0 Å². The summed E-state index contributed by atoms with van der Waals surface area (Å²) in [4.78, 5) is 28.8. The summed E-state index contributed by atoms with van der Waals surface area (Å²) in [6.07, 6.45) is 2.84. The van der Waals surface area contributed by atoms with Gasteiger partial charge >= 0.3 is 0 Å². The van der Waals surface area contributed by atoms with Gasteiger partial charge in [0.05, 0.1) is 18.2 Å². The van der Waals surface area contributed by atoms with Crippen molar-refractivity contribution in [1.29, 1.82) is 0 Å². The minimum Gasteiger partial charge on any atom is -0.497 e. The lowest BCUT2D eigenvalue weighted by Crippen LogP contribution is -2.16. The summed E-state index contributed by atoms with van der Waals surface area (Å²) in [5.41, 5.74) is 3.00. The fourth-order valence-corrected chi connectivity index (χ4v) is 2.41. The van der Waals surface area contributed by atoms with Crippen molar-refractivity contribution in [3.05, 3.63) is 83.7 Å². The molecule has 0 aliphatic rings. The van der Waals surface area contributed by atoms with Crippen molar-refractivity contribution >= 4 is 23.2 Å². The van der Waals surface area contributed by atoms with Crippen LogP contribution < -0.4 is 15.4 Å². The topological polar surface area (TPSA) is 80.3 Å².